The number of hydrogen-bond donors (Lipinski definition) is 6. The molecule has 14 nitrogen and oxygen atoms in total. The number of benzene rings is 2. The predicted octanol–water partition coefficient (Wildman–Crippen LogP) is 4.32. The van der Waals surface area contributed by atoms with E-state index in [1.54, 1.807) is 65.8 Å². The van der Waals surface area contributed by atoms with Gasteiger partial charge < -0.3 is 50.0 Å². The van der Waals surface area contributed by atoms with Gasteiger partial charge in [-0.15, -0.1) is 0 Å². The fraction of sp³-hybridized carbons (Fsp3) is 0.591. The first-order valence-corrected chi connectivity index (χ1v) is 20.4. The molecule has 2 aromatic rings. The highest BCUT2D eigenvalue weighted by Gasteiger charge is 2.50. The molecule has 10 atom stereocenters. The molecule has 5 heterocycles. The highest BCUT2D eigenvalue weighted by molar-refractivity contribution is 6.21. The summed E-state index contributed by atoms with van der Waals surface area (Å²) in [6, 6.07) is 0.368. The van der Waals surface area contributed by atoms with Crippen molar-refractivity contribution in [3.8, 4) is 17.2 Å². The Morgan fingerprint density at radius 1 is 0.948 bits per heavy atom. The fourth-order valence-electron chi connectivity index (χ4n) is 8.82. The molecule has 2 aromatic carbocycles. The molecular formula is C44H60N4O10. The number of phenolic OH excluding ortho intramolecular Hbond substituents is 2. The van der Waals surface area contributed by atoms with Crippen LogP contribution >= 0.6 is 0 Å². The SMILES string of the molecule is CCC(C)N1CCC2(CC1)N=c1c(c3c4c5c(C)c(O)c3c(O)c1=NC(=O)/C(C)=C\C=C\[C@H](C)[C@H](O)[C@@H](C)C(O)[C@@H](C)[C@H](O)[C@H](C)[C@@H](OC)/C=C/O[C@@](C)(O5)C4=O)N2. The first kappa shape index (κ1) is 43.2. The molecule has 6 N–H and O–H groups in total. The van der Waals surface area contributed by atoms with Crippen molar-refractivity contribution in [1.29, 1.82) is 0 Å². The third kappa shape index (κ3) is 7.42. The second-order valence-corrected chi connectivity index (χ2v) is 17.0. The van der Waals surface area contributed by atoms with Gasteiger partial charge in [0, 0.05) is 86.2 Å². The van der Waals surface area contributed by atoms with E-state index in [9.17, 15) is 35.1 Å². The first-order chi connectivity index (χ1) is 27.3. The van der Waals surface area contributed by atoms with Crippen LogP contribution in [0.1, 0.15) is 90.6 Å². The van der Waals surface area contributed by atoms with Crippen molar-refractivity contribution in [2.24, 2.45) is 33.7 Å². The number of ketones is 1. The van der Waals surface area contributed by atoms with Gasteiger partial charge in [-0.25, -0.2) is 4.99 Å². The second kappa shape index (κ2) is 16.4. The highest BCUT2D eigenvalue weighted by Crippen LogP contribution is 2.51. The molecule has 0 aromatic heterocycles. The summed E-state index contributed by atoms with van der Waals surface area (Å²) in [6.07, 6.45) is 6.00. The van der Waals surface area contributed by atoms with Crippen LogP contribution in [0, 0.1) is 30.6 Å². The van der Waals surface area contributed by atoms with Crippen LogP contribution in [0.4, 0.5) is 5.69 Å². The standard InChI is InChI=1S/C44H60N4O10/c1-11-23(4)48-18-16-44(17-19-48)46-32-29-30-38(52)27(8)40-31(29)41(54)43(9,58-40)57-20-15-28(56-10)24(5)36(50)26(7)37(51)25(6)35(49)21(2)13-12-14-22(3)42(55)45-34(39(30)53)33(32)47-44/h12-15,20-21,23-26,28,35-37,46,49-53H,11,16-19H2,1-10H3/b13-12+,20-15+,22-14-,45-34?/t21-,23?,24+,25+,26-,28-,35-,36+,37?,43-/m0/s1. The van der Waals surface area contributed by atoms with Crippen molar-refractivity contribution in [3.05, 3.63) is 58.0 Å². The van der Waals surface area contributed by atoms with Crippen LogP contribution in [-0.4, -0.2) is 104 Å². The number of aromatic hydroxyl groups is 2. The van der Waals surface area contributed by atoms with Gasteiger partial charge in [-0.1, -0.05) is 52.8 Å². The van der Waals surface area contributed by atoms with Crippen molar-refractivity contribution < 1.29 is 49.3 Å². The van der Waals surface area contributed by atoms with Crippen LogP contribution in [0.15, 0.2) is 46.1 Å². The molecule has 1 saturated heterocycles. The summed E-state index contributed by atoms with van der Waals surface area (Å²) >= 11 is 0. The van der Waals surface area contributed by atoms with E-state index >= 15 is 0 Å². The molecule has 58 heavy (non-hydrogen) atoms. The molecule has 0 aliphatic carbocycles. The van der Waals surface area contributed by atoms with Crippen LogP contribution in [0.25, 0.3) is 10.8 Å². The molecule has 5 bridgehead atoms. The number of likely N-dealkylation sites (tertiary alicyclic amines) is 1. The number of piperidine rings is 1. The summed E-state index contributed by atoms with van der Waals surface area (Å²) in [4.78, 5) is 40.3. The molecular weight excluding hydrogens is 745 g/mol. The Morgan fingerprint density at radius 2 is 1.59 bits per heavy atom. The number of hydrogen-bond acceptors (Lipinski definition) is 13. The minimum absolute atomic E-state index is 0.0680. The Labute approximate surface area is 339 Å². The lowest BCUT2D eigenvalue weighted by atomic mass is 9.78. The maximum absolute atomic E-state index is 14.6. The minimum atomic E-state index is -1.92. The number of ether oxygens (including phenoxy) is 3. The Balaban J connectivity index is 1.56. The number of methoxy groups -OCH3 is 1. The zero-order valence-electron chi connectivity index (χ0n) is 35.2. The quantitative estimate of drug-likeness (QED) is 0.240. The number of carbonyl (C=O) groups is 2. The van der Waals surface area contributed by atoms with E-state index in [0.717, 1.165) is 19.5 Å². The number of rotatable bonds is 3. The third-order valence-corrected chi connectivity index (χ3v) is 13.2. The number of Topliss-reactive ketones (excluding diaryl/α,β-unsaturated/α-hetero) is 1. The van der Waals surface area contributed by atoms with Gasteiger partial charge in [0.2, 0.25) is 0 Å². The topological polar surface area (TPSA) is 203 Å². The molecule has 1 spiro atoms. The molecule has 1 fully saturated rings. The zero-order chi connectivity index (χ0) is 42.6. The lowest BCUT2D eigenvalue weighted by Gasteiger charge is -2.40. The van der Waals surface area contributed by atoms with Gasteiger partial charge in [0.1, 0.15) is 27.9 Å². The molecule has 2 unspecified atom stereocenters. The van der Waals surface area contributed by atoms with Crippen LogP contribution in [0.2, 0.25) is 0 Å². The molecule has 0 radical (unpaired) electrons. The lowest BCUT2D eigenvalue weighted by molar-refractivity contribution is -0.114. The van der Waals surface area contributed by atoms with Gasteiger partial charge in [-0.3, -0.25) is 14.6 Å². The smallest absolute Gasteiger partial charge is 0.312 e. The molecule has 5 aliphatic rings. The molecule has 0 saturated carbocycles. The monoisotopic (exact) mass is 804 g/mol. The highest BCUT2D eigenvalue weighted by atomic mass is 16.7. The Bertz CT molecular complexity index is 2180. The summed E-state index contributed by atoms with van der Waals surface area (Å²) in [5, 5.41) is 61.5. The largest absolute Gasteiger partial charge is 0.507 e. The van der Waals surface area contributed by atoms with E-state index in [2.05, 4.69) is 29.1 Å². The van der Waals surface area contributed by atoms with Crippen molar-refractivity contribution in [3.63, 3.8) is 0 Å². The van der Waals surface area contributed by atoms with Crippen LogP contribution < -0.4 is 20.8 Å². The van der Waals surface area contributed by atoms with Crippen molar-refractivity contribution in [2.75, 3.05) is 25.5 Å². The normalized spacial score (nSPS) is 34.3. The number of nitrogens with zero attached hydrogens (tertiary/aromatic N) is 3. The molecule has 316 valence electrons. The maximum atomic E-state index is 14.6. The average molecular weight is 805 g/mol. The number of aliphatic hydroxyl groups is 3. The summed E-state index contributed by atoms with van der Waals surface area (Å²) in [6.45, 7) is 17.3. The van der Waals surface area contributed by atoms with E-state index in [0.29, 0.717) is 24.6 Å². The number of fused-ring (bicyclic) bond motifs is 13. The van der Waals surface area contributed by atoms with Crippen LogP contribution in [0.3, 0.4) is 0 Å². The molecule has 5 aliphatic heterocycles. The predicted molar refractivity (Wildman–Crippen MR) is 218 cm³/mol. The van der Waals surface area contributed by atoms with Crippen molar-refractivity contribution >= 4 is 28.2 Å². The fourth-order valence-corrected chi connectivity index (χ4v) is 8.82. The minimum Gasteiger partial charge on any atom is -0.507 e. The van der Waals surface area contributed by atoms with E-state index in [1.807, 2.05) is 0 Å². The number of anilines is 1. The van der Waals surface area contributed by atoms with E-state index < -0.39 is 77.0 Å². The average Bonchev–Trinajstić information content (AvgIpc) is 3.70. The van der Waals surface area contributed by atoms with Gasteiger partial charge in [0.15, 0.2) is 5.75 Å². The number of allylic oxidation sites excluding steroid dienone is 2. The lowest BCUT2D eigenvalue weighted by Crippen LogP contribution is -2.49. The second-order valence-electron chi connectivity index (χ2n) is 17.0. The summed E-state index contributed by atoms with van der Waals surface area (Å²) in [5.74, 6) is -6.31. The zero-order valence-corrected chi connectivity index (χ0v) is 35.2. The maximum Gasteiger partial charge on any atom is 0.312 e. The Morgan fingerprint density at radius 3 is 2.22 bits per heavy atom. The summed E-state index contributed by atoms with van der Waals surface area (Å²) in [7, 11) is 1.47. The van der Waals surface area contributed by atoms with E-state index in [-0.39, 0.29) is 49.7 Å². The van der Waals surface area contributed by atoms with Crippen molar-refractivity contribution in [2.45, 2.75) is 123 Å². The van der Waals surface area contributed by atoms with E-state index in [1.165, 1.54) is 20.3 Å². The molecule has 7 rings (SSSR count). The Hall–Kier alpha value is -4.34. The van der Waals surface area contributed by atoms with Gasteiger partial charge in [-0.05, 0) is 33.3 Å². The first-order valence-electron chi connectivity index (χ1n) is 20.4. The number of amides is 1. The number of aliphatic hydroxyl groups excluding tert-OH is 3. The van der Waals surface area contributed by atoms with Crippen LogP contribution in [-0.2, 0) is 14.3 Å². The number of nitrogens with one attached hydrogen (secondary N) is 1. The summed E-state index contributed by atoms with van der Waals surface area (Å²) in [5.41, 5.74) is -0.0493. The van der Waals surface area contributed by atoms with Gasteiger partial charge >= 0.3 is 5.79 Å². The van der Waals surface area contributed by atoms with E-state index in [4.69, 9.17) is 19.2 Å². The van der Waals surface area contributed by atoms with Crippen LogP contribution in [0.5, 0.6) is 17.2 Å². The summed E-state index contributed by atoms with van der Waals surface area (Å²) < 4.78 is 18.0. The van der Waals surface area contributed by atoms with Crippen molar-refractivity contribution in [1.82, 2.24) is 4.90 Å². The Kier molecular flexibility index (Phi) is 12.2. The van der Waals surface area contributed by atoms with Gasteiger partial charge in [-0.2, -0.15) is 0 Å². The van der Waals surface area contributed by atoms with Gasteiger partial charge in [0.25, 0.3) is 11.7 Å². The molecule has 14 heteroatoms. The third-order valence-electron chi connectivity index (χ3n) is 13.2. The number of phenols is 2. The van der Waals surface area contributed by atoms with Gasteiger partial charge in [0.05, 0.1) is 47.3 Å². The number of carbonyl (C=O) groups excluding carboxylic acids is 2. The molecule has 1 amide bonds.